The highest BCUT2D eigenvalue weighted by atomic mass is 35.5. The molecule has 0 saturated carbocycles. The lowest BCUT2D eigenvalue weighted by Crippen LogP contribution is -2.50. The number of carbonyl (C=O) groups excluding carboxylic acids is 1. The number of nitrogens with one attached hydrogen (secondary N) is 2. The van der Waals surface area contributed by atoms with Crippen LogP contribution in [-0.2, 0) is 5.41 Å². The summed E-state index contributed by atoms with van der Waals surface area (Å²) in [6.45, 7) is 1.79. The van der Waals surface area contributed by atoms with Crippen LogP contribution in [0.2, 0.25) is 5.02 Å². The van der Waals surface area contributed by atoms with Gasteiger partial charge in [0.2, 0.25) is 5.78 Å². The summed E-state index contributed by atoms with van der Waals surface area (Å²) in [6.07, 6.45) is 3.09. The van der Waals surface area contributed by atoms with Crippen molar-refractivity contribution in [3.05, 3.63) is 64.8 Å². The van der Waals surface area contributed by atoms with Gasteiger partial charge in [-0.25, -0.2) is 0 Å². The first kappa shape index (κ1) is 15.9. The minimum atomic E-state index is -0.489. The van der Waals surface area contributed by atoms with Gasteiger partial charge in [-0.1, -0.05) is 35.9 Å². The van der Waals surface area contributed by atoms with Gasteiger partial charge in [-0.15, -0.1) is 0 Å². The molecular weight excluding hydrogens is 348 g/mol. The predicted octanol–water partition coefficient (Wildman–Crippen LogP) is 4.09. The minimum absolute atomic E-state index is 0.0386. The van der Waals surface area contributed by atoms with Crippen molar-refractivity contribution in [2.24, 2.45) is 0 Å². The summed E-state index contributed by atoms with van der Waals surface area (Å²) >= 11 is 6.08. The van der Waals surface area contributed by atoms with Gasteiger partial charge in [-0.2, -0.15) is 0 Å². The fourth-order valence-electron chi connectivity index (χ4n) is 4.51. The highest BCUT2D eigenvalue weighted by molar-refractivity contribution is 6.31. The number of ether oxygens (including phenoxy) is 1. The molecule has 0 bridgehead atoms. The van der Waals surface area contributed by atoms with Gasteiger partial charge in [0, 0.05) is 38.7 Å². The zero-order valence-electron chi connectivity index (χ0n) is 14.2. The maximum absolute atomic E-state index is 13.6. The molecule has 1 atom stereocenters. The molecule has 3 heterocycles. The first-order valence-corrected chi connectivity index (χ1v) is 9.35. The third-order valence-electron chi connectivity index (χ3n) is 5.81. The van der Waals surface area contributed by atoms with Crippen molar-refractivity contribution in [2.75, 3.05) is 13.1 Å². The van der Waals surface area contributed by atoms with Crippen LogP contribution in [0.3, 0.4) is 0 Å². The number of carbonyl (C=O) groups is 1. The van der Waals surface area contributed by atoms with E-state index in [0.717, 1.165) is 42.6 Å². The van der Waals surface area contributed by atoms with Crippen molar-refractivity contribution >= 4 is 28.3 Å². The fraction of sp³-hybridized carbons (Fsp3) is 0.286. The third kappa shape index (κ3) is 2.22. The number of aromatic nitrogens is 1. The molecule has 0 radical (unpaired) electrons. The van der Waals surface area contributed by atoms with E-state index in [1.807, 2.05) is 36.4 Å². The summed E-state index contributed by atoms with van der Waals surface area (Å²) in [5, 5.41) is 4.95. The Morgan fingerprint density at radius 2 is 1.96 bits per heavy atom. The Bertz CT molecular complexity index is 1000. The summed E-state index contributed by atoms with van der Waals surface area (Å²) in [7, 11) is 0. The molecule has 5 rings (SSSR count). The molecule has 2 aliphatic heterocycles. The van der Waals surface area contributed by atoms with E-state index in [0.29, 0.717) is 10.6 Å². The fourth-order valence-corrected chi connectivity index (χ4v) is 4.69. The van der Waals surface area contributed by atoms with Crippen LogP contribution in [-0.4, -0.2) is 30.0 Å². The monoisotopic (exact) mass is 366 g/mol. The number of benzene rings is 2. The number of piperidine rings is 1. The normalized spacial score (nSPS) is 20.9. The lowest BCUT2D eigenvalue weighted by Gasteiger charge is -2.37. The SMILES string of the molecule is O=C(c1c[nH]c2cc(Cl)ccc12)[C@@H]1Oc2ccccc2C12CCNCC2. The highest BCUT2D eigenvalue weighted by Gasteiger charge is 2.52. The highest BCUT2D eigenvalue weighted by Crippen LogP contribution is 2.49. The summed E-state index contributed by atoms with van der Waals surface area (Å²) in [5.74, 6) is 0.882. The lowest BCUT2D eigenvalue weighted by atomic mass is 9.68. The average Bonchev–Trinajstić information content (AvgIpc) is 3.22. The van der Waals surface area contributed by atoms with Crippen LogP contribution in [0, 0.1) is 0 Å². The smallest absolute Gasteiger partial charge is 0.206 e. The number of para-hydroxylation sites is 1. The predicted molar refractivity (Wildman–Crippen MR) is 102 cm³/mol. The summed E-state index contributed by atoms with van der Waals surface area (Å²) in [4.78, 5) is 16.7. The Morgan fingerprint density at radius 1 is 1.15 bits per heavy atom. The number of hydrogen-bond acceptors (Lipinski definition) is 3. The summed E-state index contributed by atoms with van der Waals surface area (Å²) in [5.41, 5.74) is 2.46. The second-order valence-electron chi connectivity index (χ2n) is 7.16. The minimum Gasteiger partial charge on any atom is -0.481 e. The Labute approximate surface area is 156 Å². The van der Waals surface area contributed by atoms with Crippen LogP contribution in [0.25, 0.3) is 10.9 Å². The zero-order valence-corrected chi connectivity index (χ0v) is 15.0. The van der Waals surface area contributed by atoms with E-state index in [1.165, 1.54) is 5.56 Å². The first-order valence-electron chi connectivity index (χ1n) is 8.97. The number of halogens is 1. The molecular formula is C21H19ClN2O2. The van der Waals surface area contributed by atoms with Gasteiger partial charge in [0.1, 0.15) is 5.75 Å². The largest absolute Gasteiger partial charge is 0.481 e. The molecule has 2 N–H and O–H groups in total. The van der Waals surface area contributed by atoms with E-state index in [1.54, 1.807) is 6.20 Å². The first-order chi connectivity index (χ1) is 12.7. The number of aromatic amines is 1. The molecule has 26 heavy (non-hydrogen) atoms. The van der Waals surface area contributed by atoms with Gasteiger partial charge in [0.05, 0.1) is 0 Å². The Kier molecular flexibility index (Phi) is 3.59. The molecule has 0 amide bonds. The molecule has 1 fully saturated rings. The summed E-state index contributed by atoms with van der Waals surface area (Å²) < 4.78 is 6.24. The molecule has 1 saturated heterocycles. The van der Waals surface area contributed by atoms with Crippen molar-refractivity contribution in [3.63, 3.8) is 0 Å². The molecule has 1 spiro atoms. The van der Waals surface area contributed by atoms with Crippen LogP contribution in [0.15, 0.2) is 48.7 Å². The van der Waals surface area contributed by atoms with Crippen LogP contribution in [0.4, 0.5) is 0 Å². The molecule has 132 valence electrons. The van der Waals surface area contributed by atoms with Gasteiger partial charge >= 0.3 is 0 Å². The number of hydrogen-bond donors (Lipinski definition) is 2. The second kappa shape index (κ2) is 5.86. The molecule has 0 aliphatic carbocycles. The Morgan fingerprint density at radius 3 is 2.81 bits per heavy atom. The second-order valence-corrected chi connectivity index (χ2v) is 7.59. The quantitative estimate of drug-likeness (QED) is 0.672. The van der Waals surface area contributed by atoms with Crippen molar-refractivity contribution in [3.8, 4) is 5.75 Å². The third-order valence-corrected chi connectivity index (χ3v) is 6.05. The molecule has 2 aromatic carbocycles. The zero-order chi connectivity index (χ0) is 17.7. The van der Waals surface area contributed by atoms with Crippen LogP contribution in [0.1, 0.15) is 28.8 Å². The van der Waals surface area contributed by atoms with E-state index in [-0.39, 0.29) is 11.2 Å². The van der Waals surface area contributed by atoms with Crippen LogP contribution in [0.5, 0.6) is 5.75 Å². The van der Waals surface area contributed by atoms with E-state index < -0.39 is 6.10 Å². The van der Waals surface area contributed by atoms with Gasteiger partial charge in [0.25, 0.3) is 0 Å². The van der Waals surface area contributed by atoms with Crippen molar-refractivity contribution in [1.82, 2.24) is 10.3 Å². The Balaban J connectivity index is 1.61. The lowest BCUT2D eigenvalue weighted by molar-refractivity contribution is 0.0649. The van der Waals surface area contributed by atoms with Gasteiger partial charge in [-0.05, 0) is 44.1 Å². The molecule has 2 aliphatic rings. The van der Waals surface area contributed by atoms with Crippen molar-refractivity contribution in [2.45, 2.75) is 24.4 Å². The van der Waals surface area contributed by atoms with Gasteiger partial charge < -0.3 is 15.0 Å². The molecule has 1 aromatic heterocycles. The molecule has 3 aromatic rings. The maximum atomic E-state index is 13.6. The van der Waals surface area contributed by atoms with E-state index >= 15 is 0 Å². The topological polar surface area (TPSA) is 54.1 Å². The van der Waals surface area contributed by atoms with Crippen LogP contribution >= 0.6 is 11.6 Å². The van der Waals surface area contributed by atoms with E-state index in [9.17, 15) is 4.79 Å². The molecule has 4 nitrogen and oxygen atoms in total. The van der Waals surface area contributed by atoms with E-state index in [4.69, 9.17) is 16.3 Å². The number of ketones is 1. The number of H-pyrrole nitrogens is 1. The Hall–Kier alpha value is -2.30. The average molecular weight is 367 g/mol. The van der Waals surface area contributed by atoms with Gasteiger partial charge in [0.15, 0.2) is 6.10 Å². The van der Waals surface area contributed by atoms with E-state index in [2.05, 4.69) is 16.4 Å². The van der Waals surface area contributed by atoms with Crippen molar-refractivity contribution < 1.29 is 9.53 Å². The summed E-state index contributed by atoms with van der Waals surface area (Å²) in [6, 6.07) is 13.7. The number of Topliss-reactive ketones (excluding diaryl/α,β-unsaturated/α-hetero) is 1. The standard InChI is InChI=1S/C21H19ClN2O2/c22-13-5-6-14-15(12-24-17(14)11-13)19(25)20-21(7-9-23-10-8-21)16-3-1-2-4-18(16)26-20/h1-6,11-12,20,23-24H,7-10H2/t20-/m0/s1. The van der Waals surface area contributed by atoms with Crippen molar-refractivity contribution in [1.29, 1.82) is 0 Å². The number of rotatable bonds is 2. The molecule has 5 heteroatoms. The molecule has 0 unspecified atom stereocenters. The number of fused-ring (bicyclic) bond motifs is 3. The van der Waals surface area contributed by atoms with Crippen LogP contribution < -0.4 is 10.1 Å². The van der Waals surface area contributed by atoms with Gasteiger partial charge in [-0.3, -0.25) is 4.79 Å². The maximum Gasteiger partial charge on any atom is 0.206 e.